The van der Waals surface area contributed by atoms with E-state index in [2.05, 4.69) is 0 Å². The van der Waals surface area contributed by atoms with Gasteiger partial charge in [-0.1, -0.05) is 0 Å². The number of aliphatic hydroxyl groups is 1. The fourth-order valence-corrected chi connectivity index (χ4v) is 1.69. The largest absolute Gasteiger partial charge is 0.478 e. The highest BCUT2D eigenvalue weighted by molar-refractivity contribution is 5.89. The smallest absolute Gasteiger partial charge is 0.405 e. The van der Waals surface area contributed by atoms with E-state index >= 15 is 0 Å². The number of benzene rings is 1. The minimum atomic E-state index is -4.63. The van der Waals surface area contributed by atoms with Gasteiger partial charge in [-0.15, -0.1) is 0 Å². The van der Waals surface area contributed by atoms with Gasteiger partial charge < -0.3 is 15.1 Å². The van der Waals surface area contributed by atoms with E-state index in [1.165, 1.54) is 0 Å². The summed E-state index contributed by atoms with van der Waals surface area (Å²) < 4.78 is 37.4. The van der Waals surface area contributed by atoms with Gasteiger partial charge in [-0.2, -0.15) is 13.2 Å². The van der Waals surface area contributed by atoms with E-state index in [1.54, 1.807) is 0 Å². The number of alkyl halides is 3. The molecule has 0 radical (unpaired) electrons. The number of hydrogen-bond acceptors (Lipinski definition) is 5. The lowest BCUT2D eigenvalue weighted by Crippen LogP contribution is -2.36. The number of halogens is 3. The second-order valence-electron chi connectivity index (χ2n) is 4.03. The molecule has 1 aromatic rings. The van der Waals surface area contributed by atoms with Crippen molar-refractivity contribution in [3.05, 3.63) is 33.9 Å². The number of carboxylic acids is 1. The molecule has 2 N–H and O–H groups in total. The van der Waals surface area contributed by atoms with Crippen molar-refractivity contribution in [2.75, 3.05) is 24.6 Å². The summed E-state index contributed by atoms with van der Waals surface area (Å²) in [4.78, 5) is 21.3. The van der Waals surface area contributed by atoms with Gasteiger partial charge in [0.05, 0.1) is 17.1 Å². The maximum atomic E-state index is 12.5. The zero-order valence-corrected chi connectivity index (χ0v) is 10.5. The van der Waals surface area contributed by atoms with Crippen LogP contribution >= 0.6 is 0 Å². The van der Waals surface area contributed by atoms with Crippen LogP contribution in [0.2, 0.25) is 0 Å². The maximum absolute atomic E-state index is 12.5. The van der Waals surface area contributed by atoms with Crippen LogP contribution in [-0.4, -0.2) is 47.0 Å². The topological polar surface area (TPSA) is 104 Å². The summed E-state index contributed by atoms with van der Waals surface area (Å²) in [7, 11) is 0. The molecule has 0 aliphatic heterocycles. The predicted molar refractivity (Wildman–Crippen MR) is 65.4 cm³/mol. The second-order valence-corrected chi connectivity index (χ2v) is 4.03. The molecule has 10 heteroatoms. The lowest BCUT2D eigenvalue weighted by molar-refractivity contribution is -0.384. The van der Waals surface area contributed by atoms with Crippen molar-refractivity contribution in [2.45, 2.75) is 6.18 Å². The monoisotopic (exact) mass is 308 g/mol. The Hall–Kier alpha value is -2.36. The number of carbonyl (C=O) groups is 1. The van der Waals surface area contributed by atoms with Gasteiger partial charge in [-0.05, 0) is 12.1 Å². The van der Waals surface area contributed by atoms with E-state index < -0.39 is 53.7 Å². The van der Waals surface area contributed by atoms with Crippen LogP contribution in [0.3, 0.4) is 0 Å². The minimum absolute atomic E-state index is 0.406. The summed E-state index contributed by atoms with van der Waals surface area (Å²) >= 11 is 0. The van der Waals surface area contributed by atoms with Gasteiger partial charge >= 0.3 is 12.1 Å². The number of aromatic carboxylic acids is 1. The lowest BCUT2D eigenvalue weighted by atomic mass is 10.1. The Balaban J connectivity index is 3.29. The van der Waals surface area contributed by atoms with E-state index in [4.69, 9.17) is 10.2 Å². The minimum Gasteiger partial charge on any atom is -0.478 e. The number of nitro groups is 1. The molecule has 0 atom stereocenters. The second kappa shape index (κ2) is 6.39. The summed E-state index contributed by atoms with van der Waals surface area (Å²) in [5.74, 6) is -1.44. The number of nitro benzene ring substituents is 1. The van der Waals surface area contributed by atoms with E-state index in [1.807, 2.05) is 0 Å². The molecule has 0 aliphatic carbocycles. The molecule has 0 spiro atoms. The number of rotatable bonds is 6. The van der Waals surface area contributed by atoms with Crippen LogP contribution < -0.4 is 4.90 Å². The van der Waals surface area contributed by atoms with Crippen molar-refractivity contribution in [3.8, 4) is 0 Å². The zero-order chi connectivity index (χ0) is 16.2. The van der Waals surface area contributed by atoms with Gasteiger partial charge in [-0.3, -0.25) is 10.1 Å². The molecule has 0 saturated carbocycles. The molecular weight excluding hydrogens is 297 g/mol. The molecule has 116 valence electrons. The number of aliphatic hydroxyl groups excluding tert-OH is 1. The quantitative estimate of drug-likeness (QED) is 0.612. The third-order valence-electron chi connectivity index (χ3n) is 2.50. The fraction of sp³-hybridized carbons (Fsp3) is 0.364. The first-order valence-corrected chi connectivity index (χ1v) is 5.60. The molecule has 0 bridgehead atoms. The standard InChI is InChI=1S/C11H11F3N2O5/c12-11(13,14)6-15(3-4-17)8-2-1-7(10(18)19)5-9(8)16(20)21/h1-2,5,17H,3-4,6H2,(H,18,19). The summed E-state index contributed by atoms with van der Waals surface area (Å²) in [5.41, 5.74) is -1.59. The highest BCUT2D eigenvalue weighted by Crippen LogP contribution is 2.31. The summed E-state index contributed by atoms with van der Waals surface area (Å²) in [6.45, 7) is -2.62. The number of carboxylic acid groups (broad SMARTS) is 1. The van der Waals surface area contributed by atoms with Gasteiger partial charge in [0.2, 0.25) is 0 Å². The molecule has 0 heterocycles. The van der Waals surface area contributed by atoms with E-state index in [-0.39, 0.29) is 0 Å². The first-order chi connectivity index (χ1) is 9.65. The Labute approximate surface area is 116 Å². The number of hydrogen-bond donors (Lipinski definition) is 2. The van der Waals surface area contributed by atoms with Crippen molar-refractivity contribution in [3.63, 3.8) is 0 Å². The van der Waals surface area contributed by atoms with Crippen molar-refractivity contribution < 1.29 is 33.1 Å². The maximum Gasteiger partial charge on any atom is 0.405 e. The molecular formula is C11H11F3N2O5. The third-order valence-corrected chi connectivity index (χ3v) is 2.50. The highest BCUT2D eigenvalue weighted by atomic mass is 19.4. The molecule has 0 aliphatic rings. The molecule has 0 unspecified atom stereocenters. The van der Waals surface area contributed by atoms with Gasteiger partial charge in [0.1, 0.15) is 12.2 Å². The molecule has 0 aromatic heterocycles. The van der Waals surface area contributed by atoms with Crippen molar-refractivity contribution in [2.24, 2.45) is 0 Å². The Bertz CT molecular complexity index is 547. The normalized spacial score (nSPS) is 11.2. The molecule has 21 heavy (non-hydrogen) atoms. The van der Waals surface area contributed by atoms with Crippen LogP contribution in [0, 0.1) is 10.1 Å². The van der Waals surface area contributed by atoms with E-state index in [9.17, 15) is 28.1 Å². The first kappa shape index (κ1) is 16.7. The van der Waals surface area contributed by atoms with E-state index in [0.717, 1.165) is 12.1 Å². The highest BCUT2D eigenvalue weighted by Gasteiger charge is 2.33. The number of anilines is 1. The molecule has 0 fully saturated rings. The number of nitrogens with zero attached hydrogens (tertiary/aromatic N) is 2. The molecule has 0 amide bonds. The summed E-state index contributed by atoms with van der Waals surface area (Å²) in [6, 6.07) is 2.56. The van der Waals surface area contributed by atoms with Crippen LogP contribution in [0.15, 0.2) is 18.2 Å². The Morgan fingerprint density at radius 1 is 1.38 bits per heavy atom. The SMILES string of the molecule is O=C(O)c1ccc(N(CCO)CC(F)(F)F)c([N+](=O)[O-])c1. The van der Waals surface area contributed by atoms with E-state index in [0.29, 0.717) is 11.0 Å². The van der Waals surface area contributed by atoms with Gasteiger partial charge in [0, 0.05) is 12.6 Å². The molecule has 0 saturated heterocycles. The van der Waals surface area contributed by atoms with Crippen LogP contribution in [-0.2, 0) is 0 Å². The Morgan fingerprint density at radius 2 is 2.00 bits per heavy atom. The van der Waals surface area contributed by atoms with Crippen LogP contribution in [0.4, 0.5) is 24.5 Å². The average molecular weight is 308 g/mol. The molecule has 7 nitrogen and oxygen atoms in total. The molecule has 1 aromatic carbocycles. The fourth-order valence-electron chi connectivity index (χ4n) is 1.69. The van der Waals surface area contributed by atoms with Gasteiger partial charge in [0.15, 0.2) is 0 Å². The average Bonchev–Trinajstić information content (AvgIpc) is 2.35. The molecule has 1 rings (SSSR count). The Morgan fingerprint density at radius 3 is 2.43 bits per heavy atom. The predicted octanol–water partition coefficient (Wildman–Crippen LogP) is 1.65. The van der Waals surface area contributed by atoms with Crippen LogP contribution in [0.25, 0.3) is 0 Å². The first-order valence-electron chi connectivity index (χ1n) is 5.60. The Kier molecular flexibility index (Phi) is 5.08. The lowest BCUT2D eigenvalue weighted by Gasteiger charge is -2.24. The van der Waals surface area contributed by atoms with Crippen molar-refractivity contribution in [1.29, 1.82) is 0 Å². The summed E-state index contributed by atoms with van der Waals surface area (Å²) in [5, 5.41) is 28.5. The van der Waals surface area contributed by atoms with Crippen molar-refractivity contribution in [1.82, 2.24) is 0 Å². The van der Waals surface area contributed by atoms with Crippen LogP contribution in [0.5, 0.6) is 0 Å². The third kappa shape index (κ3) is 4.60. The van der Waals surface area contributed by atoms with Crippen LogP contribution in [0.1, 0.15) is 10.4 Å². The van der Waals surface area contributed by atoms with Crippen molar-refractivity contribution >= 4 is 17.3 Å². The zero-order valence-electron chi connectivity index (χ0n) is 10.5. The van der Waals surface area contributed by atoms with Gasteiger partial charge in [0.25, 0.3) is 5.69 Å². The van der Waals surface area contributed by atoms with Gasteiger partial charge in [-0.25, -0.2) is 4.79 Å². The summed E-state index contributed by atoms with van der Waals surface area (Å²) in [6.07, 6.45) is -4.63.